The monoisotopic (exact) mass is 345 g/mol. The van der Waals surface area contributed by atoms with Crippen molar-refractivity contribution in [3.05, 3.63) is 29.6 Å². The fraction of sp³-hybridized carbons (Fsp3) is 0.579. The van der Waals surface area contributed by atoms with Crippen molar-refractivity contribution < 1.29 is 14.0 Å². The lowest BCUT2D eigenvalue weighted by atomic mass is 9.90. The van der Waals surface area contributed by atoms with Crippen molar-refractivity contribution in [2.75, 3.05) is 31.5 Å². The van der Waals surface area contributed by atoms with Crippen LogP contribution in [0.15, 0.2) is 18.2 Å². The molecule has 0 spiro atoms. The molecule has 0 aliphatic carbocycles. The highest BCUT2D eigenvalue weighted by atomic mass is 19.1. The van der Waals surface area contributed by atoms with Crippen LogP contribution in [-0.2, 0) is 9.59 Å². The molecule has 0 bridgehead atoms. The quantitative estimate of drug-likeness (QED) is 0.792. The molecule has 3 fully saturated rings. The van der Waals surface area contributed by atoms with Crippen molar-refractivity contribution >= 4 is 17.5 Å². The van der Waals surface area contributed by atoms with Crippen LogP contribution in [0.1, 0.15) is 24.8 Å². The van der Waals surface area contributed by atoms with Gasteiger partial charge in [-0.05, 0) is 55.8 Å². The summed E-state index contributed by atoms with van der Waals surface area (Å²) in [4.78, 5) is 29.0. The first-order valence-corrected chi connectivity index (χ1v) is 9.13. The van der Waals surface area contributed by atoms with E-state index in [1.165, 1.54) is 37.9 Å². The molecular weight excluding hydrogens is 321 g/mol. The van der Waals surface area contributed by atoms with E-state index >= 15 is 0 Å². The van der Waals surface area contributed by atoms with Crippen LogP contribution < -0.4 is 5.32 Å². The molecule has 1 N–H and O–H groups in total. The first kappa shape index (κ1) is 16.5. The van der Waals surface area contributed by atoms with Gasteiger partial charge >= 0.3 is 11.8 Å². The average molecular weight is 345 g/mol. The lowest BCUT2D eigenvalue weighted by molar-refractivity contribution is -0.142. The summed E-state index contributed by atoms with van der Waals surface area (Å²) in [6, 6.07) is 5.11. The molecule has 1 aromatic rings. The molecule has 1 aromatic carbocycles. The molecule has 4 rings (SSSR count). The highest BCUT2D eigenvalue weighted by Crippen LogP contribution is 2.40. The molecule has 0 radical (unpaired) electrons. The van der Waals surface area contributed by atoms with Gasteiger partial charge in [-0.2, -0.15) is 0 Å². The van der Waals surface area contributed by atoms with Crippen LogP contribution in [0.4, 0.5) is 10.1 Å². The number of amides is 2. The van der Waals surface area contributed by atoms with Gasteiger partial charge in [0.15, 0.2) is 0 Å². The number of aryl methyl sites for hydroxylation is 1. The summed E-state index contributed by atoms with van der Waals surface area (Å²) in [6.07, 6.45) is 3.72. The second-order valence-corrected chi connectivity index (χ2v) is 7.63. The molecule has 3 saturated heterocycles. The Hall–Kier alpha value is -1.95. The number of fused-ring (bicyclic) bond motifs is 3. The number of hydrogen-bond donors (Lipinski definition) is 1. The Bertz CT molecular complexity index is 708. The molecule has 25 heavy (non-hydrogen) atoms. The summed E-state index contributed by atoms with van der Waals surface area (Å²) in [5, 5.41) is 2.42. The average Bonchev–Trinajstić information content (AvgIpc) is 3.14. The molecule has 0 saturated carbocycles. The highest BCUT2D eigenvalue weighted by molar-refractivity contribution is 6.39. The second kappa shape index (κ2) is 6.41. The van der Waals surface area contributed by atoms with Gasteiger partial charge in [-0.25, -0.2) is 4.39 Å². The first-order chi connectivity index (χ1) is 12.0. The smallest absolute Gasteiger partial charge is 0.313 e. The lowest BCUT2D eigenvalue weighted by Crippen LogP contribution is -2.43. The number of nitrogens with zero attached hydrogens (tertiary/aromatic N) is 2. The molecule has 3 heterocycles. The maximum absolute atomic E-state index is 13.9. The van der Waals surface area contributed by atoms with Gasteiger partial charge in [0.2, 0.25) is 0 Å². The molecule has 5 nitrogen and oxygen atoms in total. The van der Waals surface area contributed by atoms with E-state index in [9.17, 15) is 14.0 Å². The molecule has 0 aromatic heterocycles. The lowest BCUT2D eigenvalue weighted by Gasteiger charge is -2.33. The van der Waals surface area contributed by atoms with E-state index < -0.39 is 17.6 Å². The van der Waals surface area contributed by atoms with Crippen LogP contribution in [-0.4, -0.2) is 53.8 Å². The Morgan fingerprint density at radius 1 is 1.20 bits per heavy atom. The van der Waals surface area contributed by atoms with Crippen LogP contribution in [0.25, 0.3) is 0 Å². The highest BCUT2D eigenvalue weighted by Gasteiger charge is 2.48. The fourth-order valence-corrected chi connectivity index (χ4v) is 4.76. The van der Waals surface area contributed by atoms with Crippen LogP contribution in [0.5, 0.6) is 0 Å². The Balaban J connectivity index is 1.39. The second-order valence-electron chi connectivity index (χ2n) is 7.63. The summed E-state index contributed by atoms with van der Waals surface area (Å²) >= 11 is 0. The van der Waals surface area contributed by atoms with Gasteiger partial charge in [0.1, 0.15) is 5.82 Å². The molecule has 6 heteroatoms. The molecule has 3 aliphatic heterocycles. The molecule has 3 aliphatic rings. The largest absolute Gasteiger partial charge is 0.334 e. The molecular formula is C19H24FN3O2. The Labute approximate surface area is 147 Å². The third-order valence-electron chi connectivity index (χ3n) is 5.97. The van der Waals surface area contributed by atoms with Crippen molar-refractivity contribution in [1.82, 2.24) is 9.80 Å². The van der Waals surface area contributed by atoms with Crippen molar-refractivity contribution in [3.8, 4) is 0 Å². The minimum Gasteiger partial charge on any atom is -0.334 e. The fourth-order valence-electron chi connectivity index (χ4n) is 4.76. The zero-order valence-corrected chi connectivity index (χ0v) is 14.5. The molecule has 2 amide bonds. The first-order valence-electron chi connectivity index (χ1n) is 9.13. The van der Waals surface area contributed by atoms with Gasteiger partial charge < -0.3 is 10.2 Å². The predicted molar refractivity (Wildman–Crippen MR) is 92.5 cm³/mol. The van der Waals surface area contributed by atoms with Gasteiger partial charge in [0.25, 0.3) is 0 Å². The number of carbonyl (C=O) groups excluding carboxylic acids is 2. The normalized spacial score (nSPS) is 28.6. The van der Waals surface area contributed by atoms with Crippen molar-refractivity contribution in [3.63, 3.8) is 0 Å². The Kier molecular flexibility index (Phi) is 4.23. The maximum Gasteiger partial charge on any atom is 0.313 e. The van der Waals surface area contributed by atoms with Gasteiger partial charge in [0.05, 0.1) is 5.69 Å². The number of hydrogen-bond acceptors (Lipinski definition) is 3. The van der Waals surface area contributed by atoms with Gasteiger partial charge in [0, 0.05) is 25.7 Å². The number of piperidine rings is 1. The predicted octanol–water partition coefficient (Wildman–Crippen LogP) is 2.02. The van der Waals surface area contributed by atoms with Crippen LogP contribution in [0, 0.1) is 24.6 Å². The zero-order chi connectivity index (χ0) is 17.6. The third-order valence-corrected chi connectivity index (χ3v) is 5.97. The summed E-state index contributed by atoms with van der Waals surface area (Å²) in [6.45, 7) is 5.26. The van der Waals surface area contributed by atoms with Crippen LogP contribution in [0.2, 0.25) is 0 Å². The Morgan fingerprint density at radius 3 is 2.84 bits per heavy atom. The van der Waals surface area contributed by atoms with E-state index in [-0.39, 0.29) is 5.69 Å². The summed E-state index contributed by atoms with van der Waals surface area (Å²) < 4.78 is 13.9. The van der Waals surface area contributed by atoms with E-state index in [1.54, 1.807) is 17.9 Å². The maximum atomic E-state index is 13.9. The minimum absolute atomic E-state index is 0.0572. The minimum atomic E-state index is -0.747. The number of rotatable bonds is 1. The van der Waals surface area contributed by atoms with Crippen molar-refractivity contribution in [2.24, 2.45) is 11.8 Å². The van der Waals surface area contributed by atoms with Crippen molar-refractivity contribution in [1.29, 1.82) is 0 Å². The van der Waals surface area contributed by atoms with Crippen LogP contribution >= 0.6 is 0 Å². The molecule has 3 atom stereocenters. The van der Waals surface area contributed by atoms with Gasteiger partial charge in [-0.1, -0.05) is 12.5 Å². The number of likely N-dealkylation sites (tertiary alicyclic amines) is 1. The number of anilines is 1. The number of nitrogens with one attached hydrogen (secondary N) is 1. The SMILES string of the molecule is Cc1ccc(NC(=O)C(=O)N2C[C@@H]3CN4CCCC[C@H]4[C@@H]3C2)c(F)c1. The van der Waals surface area contributed by atoms with Crippen LogP contribution in [0.3, 0.4) is 0 Å². The van der Waals surface area contributed by atoms with E-state index in [1.807, 2.05) is 0 Å². The number of benzene rings is 1. The standard InChI is InChI=1S/C19H24FN3O2/c1-12-5-6-16(15(20)8-12)21-18(24)19(25)23-10-13-9-22-7-3-2-4-17(22)14(13)11-23/h5-6,8,13-14,17H,2-4,7,9-11H2,1H3,(H,21,24)/t13-,14+,17-/m0/s1. The van der Waals surface area contributed by atoms with E-state index in [0.717, 1.165) is 12.1 Å². The molecule has 134 valence electrons. The summed E-state index contributed by atoms with van der Waals surface area (Å²) in [7, 11) is 0. The number of carbonyl (C=O) groups is 2. The number of halogens is 1. The zero-order valence-electron chi connectivity index (χ0n) is 14.5. The third kappa shape index (κ3) is 3.03. The van der Waals surface area contributed by atoms with Crippen molar-refractivity contribution in [2.45, 2.75) is 32.2 Å². The van der Waals surface area contributed by atoms with E-state index in [0.29, 0.717) is 31.0 Å². The Morgan fingerprint density at radius 2 is 2.04 bits per heavy atom. The van der Waals surface area contributed by atoms with E-state index in [4.69, 9.17) is 0 Å². The summed E-state index contributed by atoms with van der Waals surface area (Å²) in [5.41, 5.74) is 0.827. The summed E-state index contributed by atoms with van der Waals surface area (Å²) in [5.74, 6) is -0.860. The van der Waals surface area contributed by atoms with Gasteiger partial charge in [-0.15, -0.1) is 0 Å². The van der Waals surface area contributed by atoms with E-state index in [2.05, 4.69) is 10.2 Å². The van der Waals surface area contributed by atoms with Gasteiger partial charge in [-0.3, -0.25) is 14.5 Å². The topological polar surface area (TPSA) is 52.7 Å². The molecule has 0 unspecified atom stereocenters.